The fraction of sp³-hybridized carbons (Fsp3) is 0.400. The lowest BCUT2D eigenvalue weighted by Crippen LogP contribution is -2.27. The molecule has 0 fully saturated rings. The summed E-state index contributed by atoms with van der Waals surface area (Å²) in [4.78, 5) is 16.7. The van der Waals surface area contributed by atoms with E-state index in [2.05, 4.69) is 22.3 Å². The van der Waals surface area contributed by atoms with Crippen LogP contribution in [0.2, 0.25) is 0 Å². The minimum atomic E-state index is -0.220. The minimum Gasteiger partial charge on any atom is -0.395 e. The normalized spacial score (nSPS) is 10.6. The molecule has 2 aromatic rings. The summed E-state index contributed by atoms with van der Waals surface area (Å²) in [5.74, 6) is -0.220. The summed E-state index contributed by atoms with van der Waals surface area (Å²) in [6.07, 6.45) is 2.61. The zero-order chi connectivity index (χ0) is 15.4. The number of hydrogen-bond acceptors (Lipinski definition) is 4. The lowest BCUT2D eigenvalue weighted by atomic mass is 10.1. The third kappa shape index (κ3) is 3.04. The predicted molar refractivity (Wildman–Crippen MR) is 81.8 cm³/mol. The van der Waals surface area contributed by atoms with Gasteiger partial charge in [0.2, 0.25) is 0 Å². The van der Waals surface area contributed by atoms with Crippen molar-refractivity contribution >= 4 is 11.6 Å². The molecule has 2 rings (SSSR count). The molecule has 0 saturated heterocycles. The van der Waals surface area contributed by atoms with Gasteiger partial charge in [0.1, 0.15) is 5.69 Å². The van der Waals surface area contributed by atoms with Crippen molar-refractivity contribution in [3.05, 3.63) is 41.0 Å². The highest BCUT2D eigenvalue weighted by Gasteiger charge is 2.19. The first-order valence-corrected chi connectivity index (χ1v) is 7.12. The fourth-order valence-corrected chi connectivity index (χ4v) is 2.26. The second kappa shape index (κ2) is 6.39. The maximum atomic E-state index is 12.4. The van der Waals surface area contributed by atoms with E-state index in [4.69, 9.17) is 5.73 Å². The molecule has 0 atom stereocenters. The topological polar surface area (TPSA) is 85.8 Å². The molecule has 112 valence electrons. The summed E-state index contributed by atoms with van der Waals surface area (Å²) in [5.41, 5.74) is 9.49. The predicted octanol–water partition coefficient (Wildman–Crippen LogP) is 1.68. The fourth-order valence-electron chi connectivity index (χ4n) is 2.26. The van der Waals surface area contributed by atoms with Crippen molar-refractivity contribution < 1.29 is 4.79 Å². The quantitative estimate of drug-likeness (QED) is 0.876. The van der Waals surface area contributed by atoms with Crippen molar-refractivity contribution in [2.75, 3.05) is 5.73 Å². The van der Waals surface area contributed by atoms with E-state index in [1.54, 1.807) is 17.8 Å². The van der Waals surface area contributed by atoms with Crippen LogP contribution in [0.5, 0.6) is 0 Å². The Labute approximate surface area is 124 Å². The van der Waals surface area contributed by atoms with Gasteiger partial charge in [-0.2, -0.15) is 5.10 Å². The number of aryl methyl sites for hydroxylation is 3. The second-order valence-electron chi connectivity index (χ2n) is 4.81. The highest BCUT2D eigenvalue weighted by Crippen LogP contribution is 2.16. The van der Waals surface area contributed by atoms with Gasteiger partial charge in [-0.05, 0) is 31.9 Å². The molecule has 6 nitrogen and oxygen atoms in total. The van der Waals surface area contributed by atoms with Crippen molar-refractivity contribution in [2.45, 2.75) is 40.3 Å². The maximum absolute atomic E-state index is 12.4. The summed E-state index contributed by atoms with van der Waals surface area (Å²) in [7, 11) is 0. The molecule has 0 saturated carbocycles. The van der Waals surface area contributed by atoms with Crippen LogP contribution in [-0.2, 0) is 19.5 Å². The summed E-state index contributed by atoms with van der Waals surface area (Å²) < 4.78 is 1.62. The molecule has 2 heterocycles. The zero-order valence-electron chi connectivity index (χ0n) is 12.7. The van der Waals surface area contributed by atoms with Crippen LogP contribution in [0.4, 0.5) is 5.69 Å². The third-order valence-electron chi connectivity index (χ3n) is 3.47. The summed E-state index contributed by atoms with van der Waals surface area (Å²) in [6.45, 7) is 6.78. The lowest BCUT2D eigenvalue weighted by molar-refractivity contribution is 0.0940. The van der Waals surface area contributed by atoms with E-state index >= 15 is 0 Å². The van der Waals surface area contributed by atoms with Crippen molar-refractivity contribution in [1.29, 1.82) is 0 Å². The standard InChI is InChI=1S/C15H21N5O/c1-4-11-7-6-8-17-12(11)9-18-15(21)14-13(16)10(3)19-20(14)5-2/h6-8H,4-5,9,16H2,1-3H3,(H,18,21). The molecular weight excluding hydrogens is 266 g/mol. The third-order valence-corrected chi connectivity index (χ3v) is 3.47. The van der Waals surface area contributed by atoms with Gasteiger partial charge in [-0.15, -0.1) is 0 Å². The Bertz CT molecular complexity index is 648. The van der Waals surface area contributed by atoms with Gasteiger partial charge < -0.3 is 11.1 Å². The first-order valence-electron chi connectivity index (χ1n) is 7.12. The molecule has 0 aliphatic rings. The van der Waals surface area contributed by atoms with Gasteiger partial charge in [-0.3, -0.25) is 14.5 Å². The monoisotopic (exact) mass is 287 g/mol. The van der Waals surface area contributed by atoms with Gasteiger partial charge >= 0.3 is 0 Å². The molecule has 2 aromatic heterocycles. The Kier molecular flexibility index (Phi) is 4.57. The van der Waals surface area contributed by atoms with Crippen LogP contribution >= 0.6 is 0 Å². The highest BCUT2D eigenvalue weighted by atomic mass is 16.2. The maximum Gasteiger partial charge on any atom is 0.272 e. The molecule has 0 aromatic carbocycles. The molecule has 0 aliphatic heterocycles. The largest absolute Gasteiger partial charge is 0.395 e. The Hall–Kier alpha value is -2.37. The molecular formula is C15H21N5O. The Morgan fingerprint density at radius 3 is 2.86 bits per heavy atom. The van der Waals surface area contributed by atoms with Gasteiger partial charge in [0.05, 0.1) is 23.6 Å². The molecule has 0 aliphatic carbocycles. The number of nitrogen functional groups attached to an aromatic ring is 1. The molecule has 1 amide bonds. The number of nitrogens with zero attached hydrogens (tertiary/aromatic N) is 3. The van der Waals surface area contributed by atoms with Gasteiger partial charge in [-0.1, -0.05) is 13.0 Å². The first kappa shape index (κ1) is 15.0. The average molecular weight is 287 g/mol. The van der Waals surface area contributed by atoms with Crippen LogP contribution in [0.15, 0.2) is 18.3 Å². The number of nitrogens with one attached hydrogen (secondary N) is 1. The number of anilines is 1. The van der Waals surface area contributed by atoms with E-state index in [9.17, 15) is 4.79 Å². The summed E-state index contributed by atoms with van der Waals surface area (Å²) in [5, 5.41) is 7.13. The summed E-state index contributed by atoms with van der Waals surface area (Å²) in [6, 6.07) is 3.92. The van der Waals surface area contributed by atoms with Crippen LogP contribution in [0.25, 0.3) is 0 Å². The SMILES string of the molecule is CCc1cccnc1CNC(=O)c1c(N)c(C)nn1CC. The van der Waals surface area contributed by atoms with Crippen LogP contribution in [-0.4, -0.2) is 20.7 Å². The first-order chi connectivity index (χ1) is 10.1. The Morgan fingerprint density at radius 2 is 2.19 bits per heavy atom. The average Bonchev–Trinajstić information content (AvgIpc) is 2.80. The molecule has 21 heavy (non-hydrogen) atoms. The number of pyridine rings is 1. The van der Waals surface area contributed by atoms with Gasteiger partial charge in [0.25, 0.3) is 5.91 Å². The van der Waals surface area contributed by atoms with Crippen molar-refractivity contribution in [2.24, 2.45) is 0 Å². The van der Waals surface area contributed by atoms with E-state index in [1.807, 2.05) is 19.1 Å². The van der Waals surface area contributed by atoms with Gasteiger partial charge in [0.15, 0.2) is 0 Å². The van der Waals surface area contributed by atoms with Gasteiger partial charge in [-0.25, -0.2) is 0 Å². The highest BCUT2D eigenvalue weighted by molar-refractivity contribution is 5.97. The number of aromatic nitrogens is 3. The molecule has 3 N–H and O–H groups in total. The number of carbonyl (C=O) groups excluding carboxylic acids is 1. The van der Waals surface area contributed by atoms with E-state index < -0.39 is 0 Å². The van der Waals surface area contributed by atoms with Crippen LogP contribution in [0, 0.1) is 6.92 Å². The number of amides is 1. The molecule has 0 spiro atoms. The number of carbonyl (C=O) groups is 1. The van der Waals surface area contributed by atoms with E-state index in [0.717, 1.165) is 17.7 Å². The molecule has 6 heteroatoms. The number of rotatable bonds is 5. The molecule has 0 bridgehead atoms. The number of nitrogens with two attached hydrogens (primary N) is 1. The van der Waals surface area contributed by atoms with E-state index in [0.29, 0.717) is 30.2 Å². The van der Waals surface area contributed by atoms with Gasteiger partial charge in [0, 0.05) is 12.7 Å². The second-order valence-corrected chi connectivity index (χ2v) is 4.81. The smallest absolute Gasteiger partial charge is 0.272 e. The van der Waals surface area contributed by atoms with Crippen molar-refractivity contribution in [1.82, 2.24) is 20.1 Å². The Morgan fingerprint density at radius 1 is 1.43 bits per heavy atom. The van der Waals surface area contributed by atoms with E-state index in [1.165, 1.54) is 0 Å². The van der Waals surface area contributed by atoms with Crippen molar-refractivity contribution in [3.63, 3.8) is 0 Å². The zero-order valence-corrected chi connectivity index (χ0v) is 12.7. The lowest BCUT2D eigenvalue weighted by Gasteiger charge is -2.09. The van der Waals surface area contributed by atoms with Crippen LogP contribution in [0.3, 0.4) is 0 Å². The Balaban J connectivity index is 2.16. The number of hydrogen-bond donors (Lipinski definition) is 2. The summed E-state index contributed by atoms with van der Waals surface area (Å²) >= 11 is 0. The van der Waals surface area contributed by atoms with Crippen molar-refractivity contribution in [3.8, 4) is 0 Å². The van der Waals surface area contributed by atoms with Crippen LogP contribution in [0.1, 0.15) is 41.3 Å². The molecule has 0 radical (unpaired) electrons. The van der Waals surface area contributed by atoms with Crippen LogP contribution < -0.4 is 11.1 Å². The molecule has 0 unspecified atom stereocenters. The van der Waals surface area contributed by atoms with E-state index in [-0.39, 0.29) is 5.91 Å². The minimum absolute atomic E-state index is 0.220.